The summed E-state index contributed by atoms with van der Waals surface area (Å²) in [5, 5.41) is 3.47. The van der Waals surface area contributed by atoms with Gasteiger partial charge in [0.2, 0.25) is 5.91 Å². The van der Waals surface area contributed by atoms with Gasteiger partial charge in [0.15, 0.2) is 0 Å². The molecule has 0 bridgehead atoms. The van der Waals surface area contributed by atoms with Crippen molar-refractivity contribution in [2.24, 2.45) is 0 Å². The van der Waals surface area contributed by atoms with Gasteiger partial charge >= 0.3 is 0 Å². The molecule has 1 aromatic carbocycles. The van der Waals surface area contributed by atoms with E-state index in [0.29, 0.717) is 18.4 Å². The predicted octanol–water partition coefficient (Wildman–Crippen LogP) is 3.09. The van der Waals surface area contributed by atoms with Gasteiger partial charge in [-0.3, -0.25) is 4.79 Å². The predicted molar refractivity (Wildman–Crippen MR) is 102 cm³/mol. The zero-order chi connectivity index (χ0) is 18.3. The normalized spacial score (nSPS) is 20.1. The highest BCUT2D eigenvalue weighted by molar-refractivity contribution is 5.80. The van der Waals surface area contributed by atoms with Gasteiger partial charge in [-0.2, -0.15) is 0 Å². The van der Waals surface area contributed by atoms with E-state index in [9.17, 15) is 4.79 Å². The number of anilines is 1. The Balaban J connectivity index is 1.44. The fourth-order valence-electron chi connectivity index (χ4n) is 4.11. The van der Waals surface area contributed by atoms with Gasteiger partial charge in [0.05, 0.1) is 6.04 Å². The summed E-state index contributed by atoms with van der Waals surface area (Å²) in [4.78, 5) is 23.7. The number of rotatable bonds is 4. The zero-order valence-electron chi connectivity index (χ0n) is 15.7. The molecule has 1 N–H and O–H groups in total. The number of fused-ring (bicyclic) bond motifs is 1. The van der Waals surface area contributed by atoms with Crippen molar-refractivity contribution in [3.05, 3.63) is 53.0 Å². The van der Waals surface area contributed by atoms with E-state index >= 15 is 0 Å². The number of aromatic nitrogens is 2. The van der Waals surface area contributed by atoms with Gasteiger partial charge in [0.25, 0.3) is 0 Å². The van der Waals surface area contributed by atoms with Crippen LogP contribution in [0.3, 0.4) is 0 Å². The van der Waals surface area contributed by atoms with Gasteiger partial charge in [-0.1, -0.05) is 38.1 Å². The second-order valence-corrected chi connectivity index (χ2v) is 7.80. The molecule has 2 heterocycles. The Morgan fingerprint density at radius 3 is 2.46 bits per heavy atom. The molecule has 1 amide bonds. The maximum absolute atomic E-state index is 12.6. The van der Waals surface area contributed by atoms with Crippen LogP contribution in [0.15, 0.2) is 30.3 Å². The fourth-order valence-corrected chi connectivity index (χ4v) is 4.11. The molecular formula is C21H26N4O. The number of hydrogen-bond acceptors (Lipinski definition) is 4. The first kappa shape index (κ1) is 17.0. The Bertz CT molecular complexity index is 808. The molecule has 0 spiro atoms. The average Bonchev–Trinajstić information content (AvgIpc) is 3.17. The van der Waals surface area contributed by atoms with Crippen LogP contribution in [-0.2, 0) is 17.6 Å². The van der Waals surface area contributed by atoms with E-state index in [1.807, 2.05) is 13.0 Å². The number of hydrogen-bond donors (Lipinski definition) is 1. The highest BCUT2D eigenvalue weighted by atomic mass is 16.2. The number of benzene rings is 1. The third-order valence-electron chi connectivity index (χ3n) is 5.43. The van der Waals surface area contributed by atoms with E-state index in [-0.39, 0.29) is 11.9 Å². The molecule has 5 heteroatoms. The molecule has 1 aliphatic heterocycles. The first-order valence-corrected chi connectivity index (χ1v) is 9.48. The average molecular weight is 350 g/mol. The SMILES string of the molecule is Cc1nc(N[C@@H]2CC(=O)N(C3Cc4ccccc4C3)C2)cc(C(C)C)n1. The van der Waals surface area contributed by atoms with Crippen LogP contribution in [0.1, 0.15) is 48.8 Å². The summed E-state index contributed by atoms with van der Waals surface area (Å²) in [7, 11) is 0. The maximum Gasteiger partial charge on any atom is 0.225 e. The molecule has 0 radical (unpaired) electrons. The summed E-state index contributed by atoms with van der Waals surface area (Å²) in [6.45, 7) is 6.92. The topological polar surface area (TPSA) is 58.1 Å². The number of nitrogens with zero attached hydrogens (tertiary/aromatic N) is 3. The van der Waals surface area contributed by atoms with Crippen molar-refractivity contribution in [1.29, 1.82) is 0 Å². The van der Waals surface area contributed by atoms with Crippen LogP contribution in [0.5, 0.6) is 0 Å². The van der Waals surface area contributed by atoms with Crippen LogP contribution in [0.2, 0.25) is 0 Å². The summed E-state index contributed by atoms with van der Waals surface area (Å²) in [6.07, 6.45) is 2.48. The van der Waals surface area contributed by atoms with Crippen LogP contribution in [0, 0.1) is 6.92 Å². The van der Waals surface area contributed by atoms with Crippen molar-refractivity contribution in [2.45, 2.75) is 58.0 Å². The van der Waals surface area contributed by atoms with Crippen LogP contribution in [-0.4, -0.2) is 39.4 Å². The summed E-state index contributed by atoms with van der Waals surface area (Å²) in [6, 6.07) is 11.0. The van der Waals surface area contributed by atoms with Crippen LogP contribution in [0.25, 0.3) is 0 Å². The van der Waals surface area contributed by atoms with Gasteiger partial charge < -0.3 is 10.2 Å². The Labute approximate surface area is 154 Å². The smallest absolute Gasteiger partial charge is 0.225 e. The molecule has 1 atom stereocenters. The maximum atomic E-state index is 12.6. The van der Waals surface area contributed by atoms with E-state index in [1.165, 1.54) is 11.1 Å². The van der Waals surface area contributed by atoms with Crippen LogP contribution < -0.4 is 5.32 Å². The van der Waals surface area contributed by atoms with Gasteiger partial charge in [-0.05, 0) is 36.8 Å². The highest BCUT2D eigenvalue weighted by Crippen LogP contribution is 2.29. The number of amides is 1. The first-order chi connectivity index (χ1) is 12.5. The molecule has 136 valence electrons. The molecule has 5 nitrogen and oxygen atoms in total. The van der Waals surface area contributed by atoms with Crippen molar-refractivity contribution in [3.8, 4) is 0 Å². The number of carbonyl (C=O) groups is 1. The molecule has 1 aliphatic carbocycles. The van der Waals surface area contributed by atoms with E-state index < -0.39 is 0 Å². The molecule has 0 saturated carbocycles. The van der Waals surface area contributed by atoms with Crippen molar-refractivity contribution in [2.75, 3.05) is 11.9 Å². The number of likely N-dealkylation sites (tertiary alicyclic amines) is 1. The monoisotopic (exact) mass is 350 g/mol. The molecule has 2 aliphatic rings. The zero-order valence-corrected chi connectivity index (χ0v) is 15.7. The third-order valence-corrected chi connectivity index (χ3v) is 5.43. The molecule has 26 heavy (non-hydrogen) atoms. The first-order valence-electron chi connectivity index (χ1n) is 9.48. The van der Waals surface area contributed by atoms with Crippen molar-refractivity contribution in [1.82, 2.24) is 14.9 Å². The van der Waals surface area contributed by atoms with Crippen molar-refractivity contribution < 1.29 is 4.79 Å². The lowest BCUT2D eigenvalue weighted by Crippen LogP contribution is -2.38. The minimum atomic E-state index is 0.112. The fraction of sp³-hybridized carbons (Fsp3) is 0.476. The van der Waals surface area contributed by atoms with E-state index in [2.05, 4.69) is 58.3 Å². The lowest BCUT2D eigenvalue weighted by molar-refractivity contribution is -0.129. The second-order valence-electron chi connectivity index (χ2n) is 7.80. The van der Waals surface area contributed by atoms with Crippen LogP contribution >= 0.6 is 0 Å². The third kappa shape index (κ3) is 3.30. The molecule has 1 saturated heterocycles. The Kier molecular flexibility index (Phi) is 4.39. The number of carbonyl (C=O) groups excluding carboxylic acids is 1. The summed E-state index contributed by atoms with van der Waals surface area (Å²) >= 11 is 0. The van der Waals surface area contributed by atoms with Gasteiger partial charge in [0.1, 0.15) is 11.6 Å². The Morgan fingerprint density at radius 1 is 1.12 bits per heavy atom. The lowest BCUT2D eigenvalue weighted by Gasteiger charge is -2.24. The summed E-state index contributed by atoms with van der Waals surface area (Å²) in [5.41, 5.74) is 3.80. The minimum absolute atomic E-state index is 0.112. The van der Waals surface area contributed by atoms with E-state index in [1.54, 1.807) is 0 Å². The summed E-state index contributed by atoms with van der Waals surface area (Å²) < 4.78 is 0. The molecular weight excluding hydrogens is 324 g/mol. The standard InChI is InChI=1S/C21H26N4O/c1-13(2)19-11-20(23-14(3)22-19)24-17-10-21(26)25(12-17)18-8-15-6-4-5-7-16(15)9-18/h4-7,11,13,17-18H,8-10,12H2,1-3H3,(H,22,23,24)/t17-/m1/s1. The minimum Gasteiger partial charge on any atom is -0.365 e. The summed E-state index contributed by atoms with van der Waals surface area (Å²) in [5.74, 6) is 2.20. The highest BCUT2D eigenvalue weighted by Gasteiger charge is 2.37. The molecule has 1 aromatic heterocycles. The molecule has 0 unspecified atom stereocenters. The van der Waals surface area contributed by atoms with Crippen molar-refractivity contribution in [3.63, 3.8) is 0 Å². The van der Waals surface area contributed by atoms with Gasteiger partial charge in [0, 0.05) is 30.8 Å². The number of aryl methyl sites for hydroxylation is 1. The molecule has 4 rings (SSSR count). The second kappa shape index (κ2) is 6.71. The van der Waals surface area contributed by atoms with Gasteiger partial charge in [-0.15, -0.1) is 0 Å². The molecule has 2 aromatic rings. The van der Waals surface area contributed by atoms with E-state index in [4.69, 9.17) is 0 Å². The van der Waals surface area contributed by atoms with Crippen molar-refractivity contribution >= 4 is 11.7 Å². The number of nitrogens with one attached hydrogen (secondary N) is 1. The van der Waals surface area contributed by atoms with Gasteiger partial charge in [-0.25, -0.2) is 9.97 Å². The largest absolute Gasteiger partial charge is 0.365 e. The lowest BCUT2D eigenvalue weighted by atomic mass is 10.1. The Hall–Kier alpha value is -2.43. The Morgan fingerprint density at radius 2 is 1.81 bits per heavy atom. The quantitative estimate of drug-likeness (QED) is 0.921. The molecule has 1 fully saturated rings. The van der Waals surface area contributed by atoms with Crippen LogP contribution in [0.4, 0.5) is 5.82 Å². The van der Waals surface area contributed by atoms with E-state index in [0.717, 1.165) is 36.7 Å².